The number of nitrogens with one attached hydrogen (secondary N) is 2. The zero-order valence-electron chi connectivity index (χ0n) is 14.8. The first kappa shape index (κ1) is 21.0. The van der Waals surface area contributed by atoms with Crippen molar-refractivity contribution in [2.75, 3.05) is 20.8 Å². The number of ether oxygens (including phenoxy) is 2. The van der Waals surface area contributed by atoms with Gasteiger partial charge in [0.1, 0.15) is 5.75 Å². The molecule has 2 rings (SSSR count). The quantitative estimate of drug-likeness (QED) is 0.381. The lowest BCUT2D eigenvalue weighted by Gasteiger charge is -2.11. The highest BCUT2D eigenvalue weighted by molar-refractivity contribution is 14.0. The van der Waals surface area contributed by atoms with Gasteiger partial charge in [-0.2, -0.15) is 0 Å². The van der Waals surface area contributed by atoms with Crippen LogP contribution in [0.15, 0.2) is 47.5 Å². The third kappa shape index (κ3) is 7.16. The minimum absolute atomic E-state index is 0. The SMILES string of the molecule is CCNC(=NCc1ccc(OC)cc1)NCc1cccc(OC)n1.I. The summed E-state index contributed by atoms with van der Waals surface area (Å²) in [6.45, 7) is 3.99. The summed E-state index contributed by atoms with van der Waals surface area (Å²) in [6.07, 6.45) is 0. The molecule has 2 N–H and O–H groups in total. The highest BCUT2D eigenvalue weighted by atomic mass is 127. The summed E-state index contributed by atoms with van der Waals surface area (Å²) >= 11 is 0. The number of nitrogens with zero attached hydrogens (tertiary/aromatic N) is 2. The number of aliphatic imine (C=N–C) groups is 1. The van der Waals surface area contributed by atoms with Gasteiger partial charge >= 0.3 is 0 Å². The van der Waals surface area contributed by atoms with Gasteiger partial charge in [0.25, 0.3) is 0 Å². The fourth-order valence-electron chi connectivity index (χ4n) is 2.09. The maximum atomic E-state index is 5.16. The number of methoxy groups -OCH3 is 2. The van der Waals surface area contributed by atoms with E-state index in [1.54, 1.807) is 14.2 Å². The van der Waals surface area contributed by atoms with Crippen LogP contribution in [0.4, 0.5) is 0 Å². The first-order chi connectivity index (χ1) is 11.7. The predicted molar refractivity (Wildman–Crippen MR) is 111 cm³/mol. The van der Waals surface area contributed by atoms with Crippen molar-refractivity contribution in [1.82, 2.24) is 15.6 Å². The van der Waals surface area contributed by atoms with Gasteiger partial charge in [-0.15, -0.1) is 24.0 Å². The molecule has 1 heterocycles. The van der Waals surface area contributed by atoms with Crippen molar-refractivity contribution in [3.05, 3.63) is 53.7 Å². The minimum atomic E-state index is 0. The van der Waals surface area contributed by atoms with Gasteiger partial charge < -0.3 is 20.1 Å². The van der Waals surface area contributed by atoms with Gasteiger partial charge in [-0.3, -0.25) is 0 Å². The van der Waals surface area contributed by atoms with Crippen LogP contribution < -0.4 is 20.1 Å². The van der Waals surface area contributed by atoms with Crippen molar-refractivity contribution in [2.45, 2.75) is 20.0 Å². The molecule has 0 aliphatic rings. The van der Waals surface area contributed by atoms with Crippen molar-refractivity contribution in [2.24, 2.45) is 4.99 Å². The highest BCUT2D eigenvalue weighted by Gasteiger charge is 2.01. The average Bonchev–Trinajstić information content (AvgIpc) is 2.64. The molecule has 0 atom stereocenters. The van der Waals surface area contributed by atoms with Crippen LogP contribution in [0.25, 0.3) is 0 Å². The van der Waals surface area contributed by atoms with Gasteiger partial charge in [-0.1, -0.05) is 18.2 Å². The van der Waals surface area contributed by atoms with E-state index in [1.165, 1.54) is 0 Å². The molecular formula is C18H25IN4O2. The van der Waals surface area contributed by atoms with E-state index in [9.17, 15) is 0 Å². The molecule has 0 saturated carbocycles. The van der Waals surface area contributed by atoms with Crippen LogP contribution in [0.1, 0.15) is 18.2 Å². The lowest BCUT2D eigenvalue weighted by atomic mass is 10.2. The van der Waals surface area contributed by atoms with Crippen LogP contribution >= 0.6 is 24.0 Å². The number of benzene rings is 1. The van der Waals surface area contributed by atoms with Gasteiger partial charge in [-0.05, 0) is 30.7 Å². The summed E-state index contributed by atoms with van der Waals surface area (Å²) < 4.78 is 10.3. The van der Waals surface area contributed by atoms with Crippen LogP contribution in [0.3, 0.4) is 0 Å². The van der Waals surface area contributed by atoms with Gasteiger partial charge in [0.2, 0.25) is 5.88 Å². The number of hydrogen-bond donors (Lipinski definition) is 2. The Morgan fingerprint density at radius 3 is 2.44 bits per heavy atom. The summed E-state index contributed by atoms with van der Waals surface area (Å²) in [5.41, 5.74) is 2.01. The molecule has 1 aromatic carbocycles. The molecule has 2 aromatic rings. The van der Waals surface area contributed by atoms with Gasteiger partial charge in [0.05, 0.1) is 33.0 Å². The molecule has 6 nitrogen and oxygen atoms in total. The molecule has 0 bridgehead atoms. The predicted octanol–water partition coefficient (Wildman–Crippen LogP) is 2.97. The Bertz CT molecular complexity index is 662. The number of aromatic nitrogens is 1. The number of guanidine groups is 1. The second-order valence-corrected chi connectivity index (χ2v) is 5.07. The third-order valence-corrected chi connectivity index (χ3v) is 3.35. The van der Waals surface area contributed by atoms with Gasteiger partial charge in [0, 0.05) is 12.6 Å². The van der Waals surface area contributed by atoms with E-state index < -0.39 is 0 Å². The standard InChI is InChI=1S/C18H24N4O2.HI/c1-4-19-18(20-12-14-8-10-16(23-2)11-9-14)21-13-15-6-5-7-17(22-15)24-3;/h5-11H,4,12-13H2,1-3H3,(H2,19,20,21);1H. The summed E-state index contributed by atoms with van der Waals surface area (Å²) in [7, 11) is 3.27. The Morgan fingerprint density at radius 2 is 1.80 bits per heavy atom. The summed E-state index contributed by atoms with van der Waals surface area (Å²) in [6, 6.07) is 13.6. The first-order valence-electron chi connectivity index (χ1n) is 7.90. The van der Waals surface area contributed by atoms with E-state index in [0.29, 0.717) is 19.0 Å². The molecule has 0 unspecified atom stereocenters. The summed E-state index contributed by atoms with van der Waals surface area (Å²) in [4.78, 5) is 8.97. The first-order valence-corrected chi connectivity index (χ1v) is 7.90. The fourth-order valence-corrected chi connectivity index (χ4v) is 2.09. The molecule has 0 spiro atoms. The monoisotopic (exact) mass is 456 g/mol. The van der Waals surface area contributed by atoms with Gasteiger partial charge in [-0.25, -0.2) is 9.98 Å². The summed E-state index contributed by atoms with van der Waals surface area (Å²) in [5.74, 6) is 2.20. The van der Waals surface area contributed by atoms with Crippen molar-refractivity contribution in [3.63, 3.8) is 0 Å². The molecule has 0 aliphatic heterocycles. The minimum Gasteiger partial charge on any atom is -0.497 e. The molecule has 136 valence electrons. The van der Waals surface area contributed by atoms with Gasteiger partial charge in [0.15, 0.2) is 5.96 Å². The normalized spacial score (nSPS) is 10.6. The van der Waals surface area contributed by atoms with Crippen LogP contribution in [0, 0.1) is 0 Å². The van der Waals surface area contributed by atoms with E-state index in [-0.39, 0.29) is 24.0 Å². The molecule has 7 heteroatoms. The van der Waals surface area contributed by atoms with E-state index in [0.717, 1.165) is 29.5 Å². The number of hydrogen-bond acceptors (Lipinski definition) is 4. The third-order valence-electron chi connectivity index (χ3n) is 3.35. The molecular weight excluding hydrogens is 431 g/mol. The second-order valence-electron chi connectivity index (χ2n) is 5.07. The molecule has 0 radical (unpaired) electrons. The number of halogens is 1. The molecule has 1 aromatic heterocycles. The van der Waals surface area contributed by atoms with E-state index in [4.69, 9.17) is 9.47 Å². The van der Waals surface area contributed by atoms with Crippen LogP contribution in [-0.2, 0) is 13.1 Å². The van der Waals surface area contributed by atoms with Crippen LogP contribution in [0.2, 0.25) is 0 Å². The number of rotatable bonds is 7. The molecule has 0 amide bonds. The van der Waals surface area contributed by atoms with E-state index >= 15 is 0 Å². The van der Waals surface area contributed by atoms with Crippen LogP contribution in [0.5, 0.6) is 11.6 Å². The lowest BCUT2D eigenvalue weighted by molar-refractivity contribution is 0.396. The topological polar surface area (TPSA) is 67.8 Å². The Hall–Kier alpha value is -2.03. The molecule has 0 aliphatic carbocycles. The maximum Gasteiger partial charge on any atom is 0.213 e. The maximum absolute atomic E-state index is 5.16. The van der Waals surface area contributed by atoms with Crippen molar-refractivity contribution >= 4 is 29.9 Å². The Balaban J connectivity index is 0.00000312. The average molecular weight is 456 g/mol. The van der Waals surface area contributed by atoms with E-state index in [1.807, 2.05) is 49.4 Å². The van der Waals surface area contributed by atoms with Crippen molar-refractivity contribution in [1.29, 1.82) is 0 Å². The highest BCUT2D eigenvalue weighted by Crippen LogP contribution is 2.12. The summed E-state index contributed by atoms with van der Waals surface area (Å²) in [5, 5.41) is 6.51. The molecule has 0 saturated heterocycles. The van der Waals surface area contributed by atoms with Crippen molar-refractivity contribution in [3.8, 4) is 11.6 Å². The second kappa shape index (κ2) is 11.5. The van der Waals surface area contributed by atoms with Crippen molar-refractivity contribution < 1.29 is 9.47 Å². The largest absolute Gasteiger partial charge is 0.497 e. The zero-order chi connectivity index (χ0) is 17.2. The Kier molecular flexibility index (Phi) is 9.68. The molecule has 0 fully saturated rings. The smallest absolute Gasteiger partial charge is 0.213 e. The Labute approximate surface area is 166 Å². The number of pyridine rings is 1. The zero-order valence-corrected chi connectivity index (χ0v) is 17.1. The molecule has 25 heavy (non-hydrogen) atoms. The fraction of sp³-hybridized carbons (Fsp3) is 0.333. The Morgan fingerprint density at radius 1 is 1.04 bits per heavy atom. The van der Waals surface area contributed by atoms with E-state index in [2.05, 4.69) is 20.6 Å². The lowest BCUT2D eigenvalue weighted by Crippen LogP contribution is -2.37. The van der Waals surface area contributed by atoms with Crippen LogP contribution in [-0.4, -0.2) is 31.7 Å².